The van der Waals surface area contributed by atoms with Gasteiger partial charge in [-0.3, -0.25) is 4.90 Å². The van der Waals surface area contributed by atoms with Crippen molar-refractivity contribution < 1.29 is 4.52 Å². The van der Waals surface area contributed by atoms with Crippen LogP contribution in [0.4, 0.5) is 0 Å². The summed E-state index contributed by atoms with van der Waals surface area (Å²) in [6.07, 6.45) is 1.20. The highest BCUT2D eigenvalue weighted by Gasteiger charge is 2.28. The summed E-state index contributed by atoms with van der Waals surface area (Å²) < 4.78 is 5.04. The Morgan fingerprint density at radius 2 is 2.14 bits per heavy atom. The molecule has 0 aliphatic carbocycles. The number of halogens is 2. The predicted octanol–water partition coefficient (Wildman–Crippen LogP) is 1.53. The van der Waals surface area contributed by atoms with Crippen molar-refractivity contribution in [1.29, 1.82) is 0 Å². The standard InChI is InChI=1S/C13H25N5O.2ClH/c1-4-18-6-5-11(10(2)8-18)17(3)9-12-15-13(7-14)19-16-12;;/h10-11H,4-9,14H2,1-3H3;2*1H. The molecule has 0 amide bonds. The Bertz CT molecular complexity index is 404. The number of nitrogens with two attached hydrogens (primary N) is 1. The molecule has 2 N–H and O–H groups in total. The monoisotopic (exact) mass is 339 g/mol. The van der Waals surface area contributed by atoms with E-state index in [4.69, 9.17) is 10.3 Å². The molecule has 2 heterocycles. The lowest BCUT2D eigenvalue weighted by molar-refractivity contribution is 0.0768. The van der Waals surface area contributed by atoms with E-state index in [1.807, 2.05) is 0 Å². The number of hydrogen-bond donors (Lipinski definition) is 1. The first-order chi connectivity index (χ1) is 9.13. The molecule has 21 heavy (non-hydrogen) atoms. The van der Waals surface area contributed by atoms with Crippen LogP contribution in [0.2, 0.25) is 0 Å². The molecular weight excluding hydrogens is 313 g/mol. The fourth-order valence-corrected chi connectivity index (χ4v) is 2.94. The van der Waals surface area contributed by atoms with Gasteiger partial charge in [-0.1, -0.05) is 19.0 Å². The normalized spacial score (nSPS) is 22.7. The molecule has 0 bridgehead atoms. The second kappa shape index (κ2) is 9.58. The highest BCUT2D eigenvalue weighted by Crippen LogP contribution is 2.22. The van der Waals surface area contributed by atoms with E-state index in [0.717, 1.165) is 18.9 Å². The van der Waals surface area contributed by atoms with E-state index in [-0.39, 0.29) is 24.8 Å². The van der Waals surface area contributed by atoms with Gasteiger partial charge in [0.1, 0.15) is 0 Å². The number of aromatic nitrogens is 2. The van der Waals surface area contributed by atoms with Gasteiger partial charge in [0.2, 0.25) is 5.89 Å². The molecule has 8 heteroatoms. The minimum atomic E-state index is 0. The summed E-state index contributed by atoms with van der Waals surface area (Å²) in [6, 6.07) is 0.586. The summed E-state index contributed by atoms with van der Waals surface area (Å²) in [5.41, 5.74) is 5.47. The third kappa shape index (κ3) is 5.38. The summed E-state index contributed by atoms with van der Waals surface area (Å²) in [5.74, 6) is 1.91. The lowest BCUT2D eigenvalue weighted by atomic mass is 9.92. The van der Waals surface area contributed by atoms with E-state index in [1.165, 1.54) is 19.5 Å². The van der Waals surface area contributed by atoms with E-state index in [2.05, 4.69) is 40.8 Å². The van der Waals surface area contributed by atoms with Gasteiger partial charge in [-0.15, -0.1) is 24.8 Å². The molecule has 2 atom stereocenters. The maximum Gasteiger partial charge on any atom is 0.240 e. The molecule has 6 nitrogen and oxygen atoms in total. The zero-order valence-corrected chi connectivity index (χ0v) is 14.6. The minimum Gasteiger partial charge on any atom is -0.338 e. The van der Waals surface area contributed by atoms with E-state index in [0.29, 0.717) is 24.4 Å². The molecule has 1 aliphatic heterocycles. The quantitative estimate of drug-likeness (QED) is 0.877. The summed E-state index contributed by atoms with van der Waals surface area (Å²) in [6.45, 7) is 9.08. The Labute approximate surface area is 139 Å². The molecule has 2 rings (SSSR count). The molecule has 0 spiro atoms. The zero-order valence-electron chi connectivity index (χ0n) is 13.0. The maximum atomic E-state index is 5.47. The van der Waals surface area contributed by atoms with Crippen molar-refractivity contribution in [3.8, 4) is 0 Å². The van der Waals surface area contributed by atoms with Crippen LogP contribution < -0.4 is 5.73 Å². The van der Waals surface area contributed by atoms with Gasteiger partial charge in [-0.25, -0.2) is 0 Å². The van der Waals surface area contributed by atoms with Crippen LogP contribution in [0.15, 0.2) is 4.52 Å². The Kier molecular flexibility index (Phi) is 9.40. The molecule has 1 saturated heterocycles. The van der Waals surface area contributed by atoms with E-state index in [1.54, 1.807) is 0 Å². The number of nitrogens with zero attached hydrogens (tertiary/aromatic N) is 4. The fourth-order valence-electron chi connectivity index (χ4n) is 2.94. The number of piperidine rings is 1. The SMILES string of the molecule is CCN1CCC(N(C)Cc2noc(CN)n2)C(C)C1.Cl.Cl. The van der Waals surface area contributed by atoms with Crippen molar-refractivity contribution in [2.45, 2.75) is 39.4 Å². The van der Waals surface area contributed by atoms with Gasteiger partial charge >= 0.3 is 0 Å². The smallest absolute Gasteiger partial charge is 0.240 e. The van der Waals surface area contributed by atoms with E-state index >= 15 is 0 Å². The highest BCUT2D eigenvalue weighted by atomic mass is 35.5. The molecule has 1 fully saturated rings. The molecule has 0 saturated carbocycles. The van der Waals surface area contributed by atoms with Crippen LogP contribution in [-0.2, 0) is 13.1 Å². The van der Waals surface area contributed by atoms with Crippen LogP contribution in [0.25, 0.3) is 0 Å². The lowest BCUT2D eigenvalue weighted by Gasteiger charge is -2.40. The average Bonchev–Trinajstić information content (AvgIpc) is 2.86. The molecule has 0 radical (unpaired) electrons. The van der Waals surface area contributed by atoms with Crippen molar-refractivity contribution in [3.05, 3.63) is 11.7 Å². The predicted molar refractivity (Wildman–Crippen MR) is 87.8 cm³/mol. The van der Waals surface area contributed by atoms with Crippen LogP contribution in [-0.4, -0.2) is 52.7 Å². The van der Waals surface area contributed by atoms with Crippen LogP contribution in [0.5, 0.6) is 0 Å². The molecule has 1 aromatic heterocycles. The average molecular weight is 340 g/mol. The summed E-state index contributed by atoms with van der Waals surface area (Å²) >= 11 is 0. The van der Waals surface area contributed by atoms with Crippen LogP contribution in [0.3, 0.4) is 0 Å². The molecule has 0 aromatic carbocycles. The second-order valence-electron chi connectivity index (χ2n) is 5.45. The molecule has 1 aliphatic rings. The van der Waals surface area contributed by atoms with Crippen molar-refractivity contribution >= 4 is 24.8 Å². The topological polar surface area (TPSA) is 71.4 Å². The Morgan fingerprint density at radius 1 is 1.43 bits per heavy atom. The Hall–Kier alpha value is -0.400. The summed E-state index contributed by atoms with van der Waals surface area (Å²) in [4.78, 5) is 9.11. The molecule has 124 valence electrons. The van der Waals surface area contributed by atoms with Crippen molar-refractivity contribution in [2.75, 3.05) is 26.7 Å². The van der Waals surface area contributed by atoms with Crippen LogP contribution in [0, 0.1) is 5.92 Å². The first-order valence-electron chi connectivity index (χ1n) is 7.08. The van der Waals surface area contributed by atoms with Gasteiger partial charge in [-0.2, -0.15) is 4.98 Å². The first-order valence-corrected chi connectivity index (χ1v) is 7.08. The highest BCUT2D eigenvalue weighted by molar-refractivity contribution is 5.85. The third-order valence-electron chi connectivity index (χ3n) is 4.03. The Balaban J connectivity index is 0.00000200. The minimum absolute atomic E-state index is 0. The molecule has 1 aromatic rings. The van der Waals surface area contributed by atoms with Crippen molar-refractivity contribution in [3.63, 3.8) is 0 Å². The zero-order chi connectivity index (χ0) is 13.8. The van der Waals surface area contributed by atoms with Gasteiger partial charge < -0.3 is 15.2 Å². The van der Waals surface area contributed by atoms with Gasteiger partial charge in [0.25, 0.3) is 0 Å². The lowest BCUT2D eigenvalue weighted by Crippen LogP contribution is -2.48. The van der Waals surface area contributed by atoms with Crippen LogP contribution >= 0.6 is 24.8 Å². The first kappa shape index (κ1) is 20.6. The number of rotatable bonds is 5. The number of hydrogen-bond acceptors (Lipinski definition) is 6. The molecular formula is C13H27Cl2N5O. The van der Waals surface area contributed by atoms with E-state index in [9.17, 15) is 0 Å². The maximum absolute atomic E-state index is 5.47. The molecule has 2 unspecified atom stereocenters. The van der Waals surface area contributed by atoms with Gasteiger partial charge in [0.05, 0.1) is 13.1 Å². The second-order valence-corrected chi connectivity index (χ2v) is 5.45. The van der Waals surface area contributed by atoms with Crippen molar-refractivity contribution in [1.82, 2.24) is 19.9 Å². The Morgan fingerprint density at radius 3 is 2.67 bits per heavy atom. The largest absolute Gasteiger partial charge is 0.338 e. The summed E-state index contributed by atoms with van der Waals surface area (Å²) in [5, 5.41) is 3.96. The summed E-state index contributed by atoms with van der Waals surface area (Å²) in [7, 11) is 2.14. The third-order valence-corrected chi connectivity index (χ3v) is 4.03. The fraction of sp³-hybridized carbons (Fsp3) is 0.846. The van der Waals surface area contributed by atoms with Crippen molar-refractivity contribution in [2.24, 2.45) is 11.7 Å². The van der Waals surface area contributed by atoms with E-state index < -0.39 is 0 Å². The van der Waals surface area contributed by atoms with Crippen LogP contribution in [0.1, 0.15) is 32.0 Å². The van der Waals surface area contributed by atoms with Gasteiger partial charge in [0.15, 0.2) is 5.82 Å². The number of likely N-dealkylation sites (tertiary alicyclic amines) is 1. The van der Waals surface area contributed by atoms with Gasteiger partial charge in [-0.05, 0) is 32.5 Å². The van der Waals surface area contributed by atoms with Gasteiger partial charge in [0, 0.05) is 12.6 Å².